The van der Waals surface area contributed by atoms with Gasteiger partial charge < -0.3 is 14.0 Å². The van der Waals surface area contributed by atoms with Crippen LogP contribution in [0.4, 0.5) is 0 Å². The standard InChI is InChI=1S/C35H26N4O2/c1-40-25-17-19-31-28(21-25)29-22-26(41-2)18-20-32(29)39(31)30-16-10-9-15-27(30)35-37-33(23-11-5-3-6-12-23)36-34(38-35)24-13-7-4-8-14-24/h3-22H,1-2H3. The summed E-state index contributed by atoms with van der Waals surface area (Å²) >= 11 is 0. The monoisotopic (exact) mass is 534 g/mol. The maximum Gasteiger partial charge on any atom is 0.166 e. The molecule has 0 amide bonds. The SMILES string of the molecule is COc1ccc2c(c1)c1cc(OC)ccc1n2-c1ccccc1-c1nc(-c2ccccc2)nc(-c2ccccc2)n1. The summed E-state index contributed by atoms with van der Waals surface area (Å²) < 4.78 is 13.4. The van der Waals surface area contributed by atoms with Crippen molar-refractivity contribution in [2.75, 3.05) is 14.2 Å². The van der Waals surface area contributed by atoms with E-state index in [0.717, 1.165) is 55.7 Å². The van der Waals surface area contributed by atoms with Crippen molar-refractivity contribution >= 4 is 21.8 Å². The number of aromatic nitrogens is 4. The molecule has 0 aliphatic carbocycles. The van der Waals surface area contributed by atoms with Gasteiger partial charge in [0, 0.05) is 27.5 Å². The minimum Gasteiger partial charge on any atom is -0.497 e. The van der Waals surface area contributed by atoms with Crippen molar-refractivity contribution in [3.05, 3.63) is 121 Å². The summed E-state index contributed by atoms with van der Waals surface area (Å²) in [5.74, 6) is 3.45. The van der Waals surface area contributed by atoms with Crippen LogP contribution in [-0.4, -0.2) is 33.7 Å². The second-order valence-corrected chi connectivity index (χ2v) is 9.66. The number of methoxy groups -OCH3 is 2. The molecular weight excluding hydrogens is 508 g/mol. The number of ether oxygens (including phenoxy) is 2. The van der Waals surface area contributed by atoms with E-state index in [1.54, 1.807) is 14.2 Å². The highest BCUT2D eigenvalue weighted by molar-refractivity contribution is 6.10. The third-order valence-corrected chi connectivity index (χ3v) is 7.26. The van der Waals surface area contributed by atoms with E-state index < -0.39 is 0 Å². The fourth-order valence-corrected chi connectivity index (χ4v) is 5.28. The molecule has 0 fully saturated rings. The minimum absolute atomic E-state index is 0.602. The van der Waals surface area contributed by atoms with Gasteiger partial charge in [0.2, 0.25) is 0 Å². The van der Waals surface area contributed by atoms with Crippen molar-refractivity contribution in [2.24, 2.45) is 0 Å². The highest BCUT2D eigenvalue weighted by atomic mass is 16.5. The average molecular weight is 535 g/mol. The average Bonchev–Trinajstić information content (AvgIpc) is 3.38. The molecule has 2 aromatic heterocycles. The Morgan fingerprint density at radius 1 is 0.488 bits per heavy atom. The van der Waals surface area contributed by atoms with E-state index in [0.29, 0.717) is 17.5 Å². The normalized spacial score (nSPS) is 11.2. The fraction of sp³-hybridized carbons (Fsp3) is 0.0571. The van der Waals surface area contributed by atoms with E-state index in [4.69, 9.17) is 24.4 Å². The molecule has 0 atom stereocenters. The van der Waals surface area contributed by atoms with E-state index in [1.807, 2.05) is 84.9 Å². The van der Waals surface area contributed by atoms with Gasteiger partial charge in [0.25, 0.3) is 0 Å². The summed E-state index contributed by atoms with van der Waals surface area (Å²) in [4.78, 5) is 14.9. The van der Waals surface area contributed by atoms with Crippen LogP contribution in [0.2, 0.25) is 0 Å². The zero-order valence-electron chi connectivity index (χ0n) is 22.7. The number of hydrogen-bond acceptors (Lipinski definition) is 5. The predicted molar refractivity (Wildman–Crippen MR) is 164 cm³/mol. The van der Waals surface area contributed by atoms with Gasteiger partial charge in [0.1, 0.15) is 11.5 Å². The van der Waals surface area contributed by atoms with E-state index >= 15 is 0 Å². The Hall–Kier alpha value is -5.49. The van der Waals surface area contributed by atoms with Crippen LogP contribution in [-0.2, 0) is 0 Å². The number of nitrogens with zero attached hydrogens (tertiary/aromatic N) is 4. The number of fused-ring (bicyclic) bond motifs is 3. The van der Waals surface area contributed by atoms with Gasteiger partial charge in [0.15, 0.2) is 17.5 Å². The molecule has 0 unspecified atom stereocenters. The maximum atomic E-state index is 5.58. The molecule has 0 radical (unpaired) electrons. The second-order valence-electron chi connectivity index (χ2n) is 9.66. The predicted octanol–water partition coefficient (Wildman–Crippen LogP) is 7.99. The highest BCUT2D eigenvalue weighted by Crippen LogP contribution is 2.38. The molecule has 0 N–H and O–H groups in total. The van der Waals surface area contributed by atoms with Crippen molar-refractivity contribution < 1.29 is 9.47 Å². The van der Waals surface area contributed by atoms with Gasteiger partial charge in [-0.25, -0.2) is 15.0 Å². The lowest BCUT2D eigenvalue weighted by Crippen LogP contribution is -2.03. The molecule has 198 valence electrons. The molecule has 0 saturated carbocycles. The molecule has 0 spiro atoms. The molecule has 5 aromatic carbocycles. The fourth-order valence-electron chi connectivity index (χ4n) is 5.28. The summed E-state index contributed by atoms with van der Waals surface area (Å²) in [6, 6.07) is 40.6. The lowest BCUT2D eigenvalue weighted by atomic mass is 10.1. The first-order valence-electron chi connectivity index (χ1n) is 13.4. The lowest BCUT2D eigenvalue weighted by molar-refractivity contribution is 0.415. The number of benzene rings is 5. The number of hydrogen-bond donors (Lipinski definition) is 0. The van der Waals surface area contributed by atoms with Gasteiger partial charge in [-0.2, -0.15) is 0 Å². The largest absolute Gasteiger partial charge is 0.497 e. The van der Waals surface area contributed by atoms with Crippen LogP contribution in [0.25, 0.3) is 61.7 Å². The maximum absolute atomic E-state index is 5.58. The third kappa shape index (κ3) is 4.36. The van der Waals surface area contributed by atoms with E-state index in [1.165, 1.54) is 0 Å². The number of para-hydroxylation sites is 1. The van der Waals surface area contributed by atoms with Gasteiger partial charge in [0.05, 0.1) is 30.9 Å². The van der Waals surface area contributed by atoms with E-state index in [9.17, 15) is 0 Å². The summed E-state index contributed by atoms with van der Waals surface area (Å²) in [5.41, 5.74) is 5.81. The first kappa shape index (κ1) is 24.5. The van der Waals surface area contributed by atoms with Crippen LogP contribution in [0.15, 0.2) is 121 Å². The molecule has 0 aliphatic rings. The molecule has 0 saturated heterocycles. The molecule has 6 nitrogen and oxygen atoms in total. The van der Waals surface area contributed by atoms with Crippen molar-refractivity contribution in [3.63, 3.8) is 0 Å². The van der Waals surface area contributed by atoms with Gasteiger partial charge in [-0.05, 0) is 48.5 Å². The Morgan fingerprint density at radius 2 is 0.951 bits per heavy atom. The molecule has 6 heteroatoms. The molecular formula is C35H26N4O2. The minimum atomic E-state index is 0.602. The van der Waals surface area contributed by atoms with Crippen LogP contribution in [0.1, 0.15) is 0 Å². The Kier molecular flexibility index (Phi) is 6.13. The Morgan fingerprint density at radius 3 is 1.46 bits per heavy atom. The van der Waals surface area contributed by atoms with Crippen molar-refractivity contribution in [2.45, 2.75) is 0 Å². The molecule has 0 aliphatic heterocycles. The van der Waals surface area contributed by atoms with E-state index in [-0.39, 0.29) is 0 Å². The van der Waals surface area contributed by atoms with Crippen LogP contribution in [0.3, 0.4) is 0 Å². The summed E-state index contributed by atoms with van der Waals surface area (Å²) in [6.45, 7) is 0. The number of rotatable bonds is 6. The quantitative estimate of drug-likeness (QED) is 0.216. The smallest absolute Gasteiger partial charge is 0.166 e. The molecule has 7 rings (SSSR count). The third-order valence-electron chi connectivity index (χ3n) is 7.26. The molecule has 2 heterocycles. The summed E-state index contributed by atoms with van der Waals surface area (Å²) in [5, 5.41) is 2.14. The zero-order valence-corrected chi connectivity index (χ0v) is 22.7. The lowest BCUT2D eigenvalue weighted by Gasteiger charge is -2.14. The first-order valence-corrected chi connectivity index (χ1v) is 13.4. The Labute approximate surface area is 237 Å². The second kappa shape index (κ2) is 10.2. The van der Waals surface area contributed by atoms with Crippen molar-refractivity contribution in [1.29, 1.82) is 0 Å². The van der Waals surface area contributed by atoms with Crippen molar-refractivity contribution in [3.8, 4) is 51.3 Å². The van der Waals surface area contributed by atoms with Crippen LogP contribution in [0, 0.1) is 0 Å². The first-order chi connectivity index (χ1) is 20.2. The topological polar surface area (TPSA) is 62.1 Å². The zero-order chi connectivity index (χ0) is 27.8. The summed E-state index contributed by atoms with van der Waals surface area (Å²) in [6.07, 6.45) is 0. The Bertz CT molecular complexity index is 1900. The van der Waals surface area contributed by atoms with Gasteiger partial charge in [-0.3, -0.25) is 0 Å². The van der Waals surface area contributed by atoms with Gasteiger partial charge in [-0.1, -0.05) is 72.8 Å². The highest BCUT2D eigenvalue weighted by Gasteiger charge is 2.19. The van der Waals surface area contributed by atoms with Crippen LogP contribution in [0.5, 0.6) is 11.5 Å². The van der Waals surface area contributed by atoms with Gasteiger partial charge >= 0.3 is 0 Å². The molecule has 0 bridgehead atoms. The Balaban J connectivity index is 1.51. The molecule has 7 aromatic rings. The van der Waals surface area contributed by atoms with Crippen LogP contribution >= 0.6 is 0 Å². The van der Waals surface area contributed by atoms with E-state index in [2.05, 4.69) is 41.0 Å². The molecule has 41 heavy (non-hydrogen) atoms. The summed E-state index contributed by atoms with van der Waals surface area (Å²) in [7, 11) is 3.37. The van der Waals surface area contributed by atoms with Crippen LogP contribution < -0.4 is 9.47 Å². The van der Waals surface area contributed by atoms with Gasteiger partial charge in [-0.15, -0.1) is 0 Å². The van der Waals surface area contributed by atoms with Crippen molar-refractivity contribution in [1.82, 2.24) is 19.5 Å².